The fourth-order valence-corrected chi connectivity index (χ4v) is 0. The first kappa shape index (κ1) is 68.5. The Labute approximate surface area is 51.5 Å². The Morgan fingerprint density at radius 3 is 0.667 bits per heavy atom. The van der Waals surface area contributed by atoms with Crippen molar-refractivity contribution in [3.8, 4) is 0 Å². The fraction of sp³-hybridized carbons (Fsp3) is 0. The van der Waals surface area contributed by atoms with Gasteiger partial charge in [0, 0.05) is 0 Å². The molecule has 9 heavy (non-hydrogen) atoms. The van der Waals surface area contributed by atoms with Crippen LogP contribution < -0.4 is 0 Å². The molecule has 0 aliphatic rings. The fourth-order valence-electron chi connectivity index (χ4n) is 0. The van der Waals surface area contributed by atoms with Crippen molar-refractivity contribution in [2.45, 2.75) is 0 Å². The van der Waals surface area contributed by atoms with Gasteiger partial charge in [-0.15, -0.1) is 0 Å². The maximum absolute atomic E-state index is 9.67. The lowest BCUT2D eigenvalue weighted by atomic mass is 10.5. The van der Waals surface area contributed by atoms with Gasteiger partial charge in [0.15, 0.2) is 0 Å². The van der Waals surface area contributed by atoms with E-state index in [1.165, 1.54) is 0 Å². The van der Waals surface area contributed by atoms with E-state index < -0.39 is 7.54 Å². The van der Waals surface area contributed by atoms with E-state index in [1.54, 1.807) is 0 Å². The lowest BCUT2D eigenvalue weighted by Gasteiger charge is -1.55. The predicted molar refractivity (Wildman–Crippen MR) is 30.4 cm³/mol. The van der Waals surface area contributed by atoms with Crippen LogP contribution in [0.2, 0.25) is 0 Å². The van der Waals surface area contributed by atoms with Crippen molar-refractivity contribution in [3.05, 3.63) is 0 Å². The van der Waals surface area contributed by atoms with E-state index in [0.717, 1.165) is 0 Å². The smallest absolute Gasteiger partial charge is 0.269 e. The van der Waals surface area contributed by atoms with Crippen molar-refractivity contribution in [2.75, 3.05) is 0 Å². The molecule has 0 fully saturated rings. The highest BCUT2D eigenvalue weighted by Crippen LogP contribution is 1.80. The van der Waals surface area contributed by atoms with E-state index in [0.29, 0.717) is 0 Å². The van der Waals surface area contributed by atoms with Crippen molar-refractivity contribution < 1.29 is 31.8 Å². The summed E-state index contributed by atoms with van der Waals surface area (Å²) in [6.45, 7) is 0. The predicted octanol–water partition coefficient (Wildman–Crippen LogP) is 0.0382. The zero-order valence-electron chi connectivity index (χ0n) is 3.34. The summed E-state index contributed by atoms with van der Waals surface area (Å²) in [6.07, 6.45) is 0. The van der Waals surface area contributed by atoms with Crippen LogP contribution in [-0.4, -0.2) is 18.5 Å². The summed E-state index contributed by atoms with van der Waals surface area (Å²) in [5.74, 6) is 0. The lowest BCUT2D eigenvalue weighted by Crippen LogP contribution is -1.76. The maximum atomic E-state index is 9.67. The van der Waals surface area contributed by atoms with Crippen LogP contribution >= 0.6 is 0 Å². The molecular formula is H8BF7Si. The van der Waals surface area contributed by atoms with Crippen molar-refractivity contribution in [2.24, 2.45) is 0 Å². The molecule has 0 aromatic carbocycles. The molecule has 0 rings (SSSR count). The van der Waals surface area contributed by atoms with E-state index in [9.17, 15) is 12.9 Å². The van der Waals surface area contributed by atoms with Crippen LogP contribution in [0.5, 0.6) is 0 Å². The topological polar surface area (TPSA) is 0 Å². The molecule has 0 amide bonds. The summed E-state index contributed by atoms with van der Waals surface area (Å²) < 4.78 is 29.0. The molecule has 0 unspecified atom stereocenters. The van der Waals surface area contributed by atoms with Crippen molar-refractivity contribution in [1.82, 2.24) is 0 Å². The second-order valence-electron chi connectivity index (χ2n) is 0.247. The second kappa shape index (κ2) is 46.1. The van der Waals surface area contributed by atoms with Crippen molar-refractivity contribution in [1.29, 1.82) is 0 Å². The second-order valence-corrected chi connectivity index (χ2v) is 0.247. The van der Waals surface area contributed by atoms with Gasteiger partial charge in [-0.25, -0.2) is 0 Å². The average molecular weight is 180 g/mol. The zero-order valence-corrected chi connectivity index (χ0v) is 3.34. The van der Waals surface area contributed by atoms with E-state index in [1.807, 2.05) is 0 Å². The molecule has 0 N–H and O–H groups in total. The molecule has 0 spiro atoms. The standard InChI is InChI=1S/BF3.4FH.H4Si/c2-1(3)4;;;;;/h;4*1H;1H4. The molecule has 0 aromatic heterocycles. The molecular weight excluding hydrogens is 172 g/mol. The molecule has 0 atom stereocenters. The summed E-state index contributed by atoms with van der Waals surface area (Å²) in [6, 6.07) is 0. The van der Waals surface area contributed by atoms with Gasteiger partial charge in [0.2, 0.25) is 0 Å². The largest absolute Gasteiger partial charge is 0.762 e. The Morgan fingerprint density at radius 2 is 0.667 bits per heavy atom. The van der Waals surface area contributed by atoms with E-state index in [4.69, 9.17) is 0 Å². The number of halogens is 7. The van der Waals surface area contributed by atoms with Crippen LogP contribution in [0.3, 0.4) is 0 Å². The van der Waals surface area contributed by atoms with Gasteiger partial charge in [-0.2, -0.15) is 0 Å². The molecule has 0 bridgehead atoms. The summed E-state index contributed by atoms with van der Waals surface area (Å²) in [4.78, 5) is 0. The van der Waals surface area contributed by atoms with Crippen LogP contribution in [0, 0.1) is 0 Å². The van der Waals surface area contributed by atoms with Gasteiger partial charge < -0.3 is 0 Å². The summed E-state index contributed by atoms with van der Waals surface area (Å²) >= 11 is 0. The minimum absolute atomic E-state index is 0. The first-order chi connectivity index (χ1) is 1.73. The number of hydrogen-bond acceptors (Lipinski definition) is 0. The van der Waals surface area contributed by atoms with Crippen LogP contribution in [0.1, 0.15) is 0 Å². The van der Waals surface area contributed by atoms with E-state index >= 15 is 0 Å². The normalized spacial score (nSPS) is 3.00. The lowest BCUT2D eigenvalue weighted by molar-refractivity contribution is 0.535. The first-order valence-electron chi connectivity index (χ1n) is 0.655. The molecule has 9 heteroatoms. The van der Waals surface area contributed by atoms with Crippen LogP contribution in [0.15, 0.2) is 0 Å². The molecule has 0 aliphatic heterocycles. The molecule has 0 saturated heterocycles. The monoisotopic (exact) mass is 180 g/mol. The minimum Gasteiger partial charge on any atom is -0.269 e. The number of rotatable bonds is 0. The van der Waals surface area contributed by atoms with Gasteiger partial charge in [0.25, 0.3) is 0 Å². The quantitative estimate of drug-likeness (QED) is 0.364. The van der Waals surface area contributed by atoms with Gasteiger partial charge in [-0.3, -0.25) is 31.8 Å². The van der Waals surface area contributed by atoms with Gasteiger partial charge >= 0.3 is 7.54 Å². The van der Waals surface area contributed by atoms with Crippen LogP contribution in [-0.2, 0) is 0 Å². The van der Waals surface area contributed by atoms with Crippen LogP contribution in [0.25, 0.3) is 0 Å². The Kier molecular flexibility index (Phi) is 351. The van der Waals surface area contributed by atoms with Gasteiger partial charge in [0.1, 0.15) is 0 Å². The molecule has 64 valence electrons. The highest BCUT2D eigenvalue weighted by Gasteiger charge is 2.06. The zero-order chi connectivity index (χ0) is 3.58. The average Bonchev–Trinajstić information content (AvgIpc) is 0.811. The Hall–Kier alpha value is -0.208. The summed E-state index contributed by atoms with van der Waals surface area (Å²) in [5.41, 5.74) is 0. The third-order valence-corrected chi connectivity index (χ3v) is 0. The summed E-state index contributed by atoms with van der Waals surface area (Å²) in [7, 11) is -3.67. The molecule has 0 saturated carbocycles. The Morgan fingerprint density at radius 1 is 0.667 bits per heavy atom. The number of hydrogen-bond donors (Lipinski definition) is 0. The van der Waals surface area contributed by atoms with E-state index in [2.05, 4.69) is 0 Å². The van der Waals surface area contributed by atoms with E-state index in [-0.39, 0.29) is 29.8 Å². The highest BCUT2D eigenvalue weighted by atomic mass is 28.1. The van der Waals surface area contributed by atoms with Gasteiger partial charge in [-0.1, -0.05) is 0 Å². The molecule has 0 radical (unpaired) electrons. The van der Waals surface area contributed by atoms with Crippen molar-refractivity contribution >= 4 is 18.5 Å². The highest BCUT2D eigenvalue weighted by molar-refractivity contribution is 6.33. The first-order valence-corrected chi connectivity index (χ1v) is 0.655. The molecule has 0 aliphatic carbocycles. The SMILES string of the molecule is F.F.F.F.FB(F)F.[SiH4]. The van der Waals surface area contributed by atoms with Gasteiger partial charge in [-0.05, 0) is 11.0 Å². The third kappa shape index (κ3) is 6030. The summed E-state index contributed by atoms with van der Waals surface area (Å²) in [5, 5.41) is 0. The molecule has 0 heterocycles. The van der Waals surface area contributed by atoms with Crippen molar-refractivity contribution in [3.63, 3.8) is 0 Å². The molecule has 0 nitrogen and oxygen atoms in total. The third-order valence-electron chi connectivity index (χ3n) is 0. The maximum Gasteiger partial charge on any atom is 0.762 e. The minimum atomic E-state index is -3.67. The Balaban J connectivity index is -0.00000000450. The van der Waals surface area contributed by atoms with Gasteiger partial charge in [0.05, 0.1) is 0 Å². The Bertz CT molecular complexity index is 13.6. The molecule has 0 aromatic rings. The van der Waals surface area contributed by atoms with Crippen LogP contribution in [0.4, 0.5) is 31.8 Å².